The average molecular weight is 534 g/mol. The number of hydrogen-bond acceptors (Lipinski definition) is 7. The summed E-state index contributed by atoms with van der Waals surface area (Å²) in [6, 6.07) is 18.7. The number of benzene rings is 2. The van der Waals surface area contributed by atoms with Crippen LogP contribution in [0.15, 0.2) is 60.7 Å². The smallest absolute Gasteiger partial charge is 0.331 e. The minimum Gasteiger partial charge on any atom is -0.465 e. The average Bonchev–Trinajstić information content (AvgIpc) is 3.34. The fourth-order valence-electron chi connectivity index (χ4n) is 7.15. The highest BCUT2D eigenvalue weighted by atomic mass is 16.7. The summed E-state index contributed by atoms with van der Waals surface area (Å²) in [5, 5.41) is 1.27. The van der Waals surface area contributed by atoms with Crippen LogP contribution in [0.25, 0.3) is 0 Å². The van der Waals surface area contributed by atoms with Crippen LogP contribution in [0.3, 0.4) is 0 Å². The van der Waals surface area contributed by atoms with E-state index >= 15 is 0 Å². The molecule has 0 amide bonds. The molecular formula is C32H39NO6. The van der Waals surface area contributed by atoms with Crippen LogP contribution in [0.4, 0.5) is 0 Å². The van der Waals surface area contributed by atoms with Crippen molar-refractivity contribution < 1.29 is 28.7 Å². The van der Waals surface area contributed by atoms with E-state index in [1.165, 1.54) is 10.6 Å². The van der Waals surface area contributed by atoms with Gasteiger partial charge in [-0.1, -0.05) is 87.9 Å². The van der Waals surface area contributed by atoms with E-state index in [1.807, 2.05) is 48.5 Å². The van der Waals surface area contributed by atoms with Gasteiger partial charge in [-0.25, -0.2) is 9.59 Å². The number of esters is 2. The number of ether oxygens (including phenoxy) is 2. The van der Waals surface area contributed by atoms with Crippen molar-refractivity contribution in [3.05, 3.63) is 71.8 Å². The molecule has 0 spiro atoms. The fourth-order valence-corrected chi connectivity index (χ4v) is 7.15. The fraction of sp³-hybridized carbons (Fsp3) is 0.531. The van der Waals surface area contributed by atoms with Crippen molar-refractivity contribution >= 4 is 17.9 Å². The first-order valence-electron chi connectivity index (χ1n) is 14.1. The van der Waals surface area contributed by atoms with Crippen molar-refractivity contribution in [3.63, 3.8) is 0 Å². The van der Waals surface area contributed by atoms with Gasteiger partial charge in [0.1, 0.15) is 6.10 Å². The van der Waals surface area contributed by atoms with Gasteiger partial charge in [0.15, 0.2) is 11.6 Å². The van der Waals surface area contributed by atoms with Crippen LogP contribution in [0.5, 0.6) is 0 Å². The minimum absolute atomic E-state index is 0.0973. The molecule has 39 heavy (non-hydrogen) atoms. The molecule has 208 valence electrons. The number of nitrogens with zero attached hydrogens (tertiary/aromatic N) is 1. The number of carbonyl (C=O) groups excluding carboxylic acids is 3. The summed E-state index contributed by atoms with van der Waals surface area (Å²) in [6.45, 7) is 10.2. The van der Waals surface area contributed by atoms with E-state index in [2.05, 4.69) is 32.9 Å². The maximum absolute atomic E-state index is 14.2. The van der Waals surface area contributed by atoms with E-state index in [0.29, 0.717) is 5.92 Å². The van der Waals surface area contributed by atoms with E-state index in [9.17, 15) is 14.4 Å². The van der Waals surface area contributed by atoms with Crippen molar-refractivity contribution in [1.82, 2.24) is 5.06 Å². The minimum atomic E-state index is -1.46. The lowest BCUT2D eigenvalue weighted by Gasteiger charge is -2.44. The third kappa shape index (κ3) is 4.54. The van der Waals surface area contributed by atoms with Crippen LogP contribution >= 0.6 is 0 Å². The van der Waals surface area contributed by atoms with Crippen LogP contribution in [0, 0.1) is 17.8 Å². The van der Waals surface area contributed by atoms with Crippen LogP contribution in [0.1, 0.15) is 70.9 Å². The zero-order chi connectivity index (χ0) is 27.9. The van der Waals surface area contributed by atoms with Gasteiger partial charge in [0.05, 0.1) is 12.5 Å². The molecule has 3 fully saturated rings. The monoisotopic (exact) mass is 533 g/mol. The largest absolute Gasteiger partial charge is 0.465 e. The van der Waals surface area contributed by atoms with Gasteiger partial charge in [0, 0.05) is 11.8 Å². The first-order chi connectivity index (χ1) is 18.6. The summed E-state index contributed by atoms with van der Waals surface area (Å²) < 4.78 is 11.8. The van der Waals surface area contributed by atoms with Crippen LogP contribution in [0.2, 0.25) is 0 Å². The summed E-state index contributed by atoms with van der Waals surface area (Å²) in [5.74, 6) is -2.56. The highest BCUT2D eigenvalue weighted by molar-refractivity contribution is 5.96. The van der Waals surface area contributed by atoms with Crippen LogP contribution < -0.4 is 0 Å². The van der Waals surface area contributed by atoms with E-state index in [1.54, 1.807) is 13.8 Å². The van der Waals surface area contributed by atoms with Gasteiger partial charge in [-0.05, 0) is 49.1 Å². The number of carbonyl (C=O) groups is 3. The molecular weight excluding hydrogens is 494 g/mol. The predicted molar refractivity (Wildman–Crippen MR) is 145 cm³/mol. The van der Waals surface area contributed by atoms with Crippen LogP contribution in [-0.2, 0) is 34.1 Å². The summed E-state index contributed by atoms with van der Waals surface area (Å²) in [5.41, 5.74) is 0.297. The number of rotatable bonds is 7. The van der Waals surface area contributed by atoms with Gasteiger partial charge in [-0.2, -0.15) is 0 Å². The molecule has 0 N–H and O–H groups in total. The van der Waals surface area contributed by atoms with Gasteiger partial charge in [-0.3, -0.25) is 4.79 Å². The molecule has 7 heteroatoms. The highest BCUT2D eigenvalue weighted by Crippen LogP contribution is 2.55. The van der Waals surface area contributed by atoms with E-state index < -0.39 is 41.3 Å². The molecule has 1 aliphatic carbocycles. The quantitative estimate of drug-likeness (QED) is 0.453. The summed E-state index contributed by atoms with van der Waals surface area (Å²) in [6.07, 6.45) is 2.40. The van der Waals surface area contributed by atoms with Crippen molar-refractivity contribution in [1.29, 1.82) is 0 Å². The summed E-state index contributed by atoms with van der Waals surface area (Å²) in [7, 11) is 0. The first kappa shape index (κ1) is 27.4. The molecule has 5 rings (SSSR count). The molecule has 2 saturated heterocycles. The van der Waals surface area contributed by atoms with E-state index in [4.69, 9.17) is 14.3 Å². The third-order valence-electron chi connectivity index (χ3n) is 9.34. The molecule has 2 aliphatic heterocycles. The molecule has 2 aromatic rings. The van der Waals surface area contributed by atoms with Crippen molar-refractivity contribution in [3.8, 4) is 0 Å². The Kier molecular flexibility index (Phi) is 7.31. The highest BCUT2D eigenvalue weighted by Gasteiger charge is 2.73. The maximum atomic E-state index is 14.2. The molecule has 1 saturated carbocycles. The Morgan fingerprint density at radius 1 is 1.05 bits per heavy atom. The Bertz CT molecular complexity index is 1210. The number of hydrogen-bond donors (Lipinski definition) is 0. The Labute approximate surface area is 230 Å². The molecule has 0 aromatic heterocycles. The normalized spacial score (nSPS) is 33.9. The van der Waals surface area contributed by atoms with Crippen molar-refractivity contribution in [2.45, 2.75) is 82.9 Å². The van der Waals surface area contributed by atoms with Crippen LogP contribution in [-0.4, -0.2) is 47.3 Å². The van der Waals surface area contributed by atoms with Crippen molar-refractivity contribution in [2.75, 3.05) is 6.61 Å². The van der Waals surface area contributed by atoms with Gasteiger partial charge >= 0.3 is 17.9 Å². The Balaban J connectivity index is 1.49. The van der Waals surface area contributed by atoms with Crippen molar-refractivity contribution in [2.24, 2.45) is 17.8 Å². The van der Waals surface area contributed by atoms with Gasteiger partial charge in [0.25, 0.3) is 0 Å². The van der Waals surface area contributed by atoms with Gasteiger partial charge in [-0.15, -0.1) is 5.06 Å². The third-order valence-corrected chi connectivity index (χ3v) is 9.34. The Morgan fingerprint density at radius 3 is 2.33 bits per heavy atom. The lowest BCUT2D eigenvalue weighted by molar-refractivity contribution is -0.215. The number of hydroxylamine groups is 2. The predicted octanol–water partition coefficient (Wildman–Crippen LogP) is 5.19. The molecule has 2 aromatic carbocycles. The second-order valence-electron chi connectivity index (χ2n) is 12.1. The zero-order valence-electron chi connectivity index (χ0n) is 23.5. The summed E-state index contributed by atoms with van der Waals surface area (Å²) in [4.78, 5) is 46.2. The maximum Gasteiger partial charge on any atom is 0.331 e. The molecule has 2 bridgehead atoms. The van der Waals surface area contributed by atoms with Gasteiger partial charge in [0.2, 0.25) is 0 Å². The Morgan fingerprint density at radius 2 is 1.69 bits per heavy atom. The second kappa shape index (κ2) is 10.4. The van der Waals surface area contributed by atoms with E-state index in [0.717, 1.165) is 24.8 Å². The lowest BCUT2D eigenvalue weighted by Crippen LogP contribution is -2.54. The molecule has 2 heterocycles. The first-order valence-corrected chi connectivity index (χ1v) is 14.1. The molecule has 3 aliphatic rings. The summed E-state index contributed by atoms with van der Waals surface area (Å²) >= 11 is 0. The topological polar surface area (TPSA) is 82.1 Å². The Hall–Kier alpha value is -3.19. The molecule has 0 radical (unpaired) electrons. The zero-order valence-corrected chi connectivity index (χ0v) is 23.5. The SMILES string of the molecule is CCOC(=O)[C@@H]1[C@@H](c2ccccc2)[C@@H]2C(=O)ON1[C@]2(C)C(=O)OC1CC(C)CCC1C(C)(C)c1ccccc1. The van der Waals surface area contributed by atoms with Gasteiger partial charge < -0.3 is 14.3 Å². The van der Waals surface area contributed by atoms with E-state index in [-0.39, 0.29) is 24.0 Å². The standard InChI is InChI=1S/C32H39NO6/c1-6-37-29(35)27-25(21-13-9-7-10-14-21)26-28(34)39-33(27)32(26,5)30(36)38-24-19-20(2)17-18-23(24)31(3,4)22-15-11-8-12-16-22/h7-16,20,23-27H,6,17-19H2,1-5H3/t20?,23?,24?,25-,26+,27-,32-/m0/s1. The lowest BCUT2D eigenvalue weighted by atomic mass is 9.64. The molecule has 8 atom stereocenters. The second-order valence-corrected chi connectivity index (χ2v) is 12.1. The molecule has 7 nitrogen and oxygen atoms in total. The molecule has 4 unspecified atom stereocenters. The number of fused-ring (bicyclic) bond motifs is 2.